The highest BCUT2D eigenvalue weighted by Gasteiger charge is 2.17. The molecule has 0 saturated heterocycles. The number of anilines is 2. The lowest BCUT2D eigenvalue weighted by Gasteiger charge is -2.19. The predicted octanol–water partition coefficient (Wildman–Crippen LogP) is 2.62. The van der Waals surface area contributed by atoms with E-state index in [1.807, 2.05) is 39.8 Å². The number of hydrogen-bond donors (Lipinski definition) is 3. The number of pyridine rings is 1. The van der Waals surface area contributed by atoms with Gasteiger partial charge in [-0.25, -0.2) is 8.42 Å². The van der Waals surface area contributed by atoms with Gasteiger partial charge in [-0.15, -0.1) is 0 Å². The average Bonchev–Trinajstić information content (AvgIpc) is 2.59. The molecule has 2 atom stereocenters. The fraction of sp³-hybridized carbons (Fsp3) is 0.556. The summed E-state index contributed by atoms with van der Waals surface area (Å²) in [5.74, 6) is 0.503. The van der Waals surface area contributed by atoms with Crippen molar-refractivity contribution in [3.63, 3.8) is 0 Å². The summed E-state index contributed by atoms with van der Waals surface area (Å²) in [4.78, 5) is 17.1. The second-order valence-electron chi connectivity index (χ2n) is 7.29. The molecule has 9 nitrogen and oxygen atoms in total. The summed E-state index contributed by atoms with van der Waals surface area (Å²) in [6, 6.07) is 3.67. The SMILES string of the molecule is Cc1ccc(C(C)Sc2nc(N[C@@H](CO)CC(C)C)nc(NS(C)(=O)=O)n2)cn1. The maximum Gasteiger partial charge on any atom is 0.242 e. The minimum absolute atomic E-state index is 0.00580. The number of nitrogens with zero attached hydrogens (tertiary/aromatic N) is 4. The van der Waals surface area contributed by atoms with Crippen LogP contribution >= 0.6 is 11.8 Å². The Morgan fingerprint density at radius 3 is 2.38 bits per heavy atom. The molecule has 2 aromatic heterocycles. The summed E-state index contributed by atoms with van der Waals surface area (Å²) in [7, 11) is -3.55. The van der Waals surface area contributed by atoms with Gasteiger partial charge in [0, 0.05) is 17.1 Å². The third-order valence-corrected chi connectivity index (χ3v) is 5.46. The Labute approximate surface area is 176 Å². The van der Waals surface area contributed by atoms with Crippen molar-refractivity contribution in [3.8, 4) is 0 Å². The molecule has 0 aliphatic heterocycles. The van der Waals surface area contributed by atoms with E-state index in [-0.39, 0.29) is 29.8 Å². The van der Waals surface area contributed by atoms with Crippen molar-refractivity contribution in [2.45, 2.75) is 50.6 Å². The average molecular weight is 441 g/mol. The standard InChI is InChI=1S/C18H28N6O3S2/c1-11(2)8-15(10-25)20-16-21-17(24-29(5,26)27)23-18(22-16)28-13(4)14-7-6-12(3)19-9-14/h6-7,9,11,13,15,25H,8,10H2,1-5H3,(H2,20,21,22,23,24)/t13?,15-/m1/s1. The van der Waals surface area contributed by atoms with Crippen LogP contribution in [0.4, 0.5) is 11.9 Å². The first-order chi connectivity index (χ1) is 13.6. The molecule has 0 radical (unpaired) electrons. The summed E-state index contributed by atoms with van der Waals surface area (Å²) in [5, 5.41) is 13.1. The Morgan fingerprint density at radius 1 is 1.14 bits per heavy atom. The minimum Gasteiger partial charge on any atom is -0.394 e. The molecule has 0 aliphatic carbocycles. The zero-order chi connectivity index (χ0) is 21.6. The van der Waals surface area contributed by atoms with Gasteiger partial charge < -0.3 is 10.4 Å². The lowest BCUT2D eigenvalue weighted by Crippen LogP contribution is -2.27. The molecular formula is C18H28N6O3S2. The van der Waals surface area contributed by atoms with Crippen molar-refractivity contribution in [2.24, 2.45) is 5.92 Å². The number of nitrogens with one attached hydrogen (secondary N) is 2. The van der Waals surface area contributed by atoms with E-state index < -0.39 is 10.0 Å². The van der Waals surface area contributed by atoms with Crippen molar-refractivity contribution in [1.29, 1.82) is 0 Å². The molecule has 0 aromatic carbocycles. The normalized spacial score (nSPS) is 13.9. The van der Waals surface area contributed by atoms with Crippen molar-refractivity contribution < 1.29 is 13.5 Å². The van der Waals surface area contributed by atoms with E-state index in [0.717, 1.165) is 17.5 Å². The minimum atomic E-state index is -3.55. The smallest absolute Gasteiger partial charge is 0.242 e. The Morgan fingerprint density at radius 2 is 1.83 bits per heavy atom. The van der Waals surface area contributed by atoms with Crippen LogP contribution in [0.1, 0.15) is 43.7 Å². The number of hydrogen-bond acceptors (Lipinski definition) is 9. The van der Waals surface area contributed by atoms with E-state index in [9.17, 15) is 13.5 Å². The number of aryl methyl sites for hydroxylation is 1. The number of aromatic nitrogens is 4. The topological polar surface area (TPSA) is 130 Å². The Balaban J connectivity index is 2.29. The van der Waals surface area contributed by atoms with Crippen LogP contribution in [0, 0.1) is 12.8 Å². The number of sulfonamides is 1. The molecule has 2 rings (SSSR count). The quantitative estimate of drug-likeness (QED) is 0.477. The lowest BCUT2D eigenvalue weighted by molar-refractivity contribution is 0.259. The van der Waals surface area contributed by atoms with E-state index in [0.29, 0.717) is 17.5 Å². The Hall–Kier alpha value is -1.98. The molecule has 3 N–H and O–H groups in total. The van der Waals surface area contributed by atoms with Gasteiger partial charge in [-0.05, 0) is 37.8 Å². The molecule has 160 valence electrons. The number of rotatable bonds is 10. The van der Waals surface area contributed by atoms with E-state index in [4.69, 9.17) is 0 Å². The highest BCUT2D eigenvalue weighted by molar-refractivity contribution is 7.99. The van der Waals surface area contributed by atoms with Crippen molar-refractivity contribution in [2.75, 3.05) is 22.9 Å². The van der Waals surface area contributed by atoms with Crippen LogP contribution in [0.3, 0.4) is 0 Å². The second-order valence-corrected chi connectivity index (χ2v) is 10.3. The van der Waals surface area contributed by atoms with Gasteiger partial charge in [-0.1, -0.05) is 31.7 Å². The summed E-state index contributed by atoms with van der Waals surface area (Å²) in [6.07, 6.45) is 3.55. The summed E-state index contributed by atoms with van der Waals surface area (Å²) in [6.45, 7) is 7.92. The molecule has 2 aromatic rings. The first kappa shape index (κ1) is 23.3. The van der Waals surface area contributed by atoms with Gasteiger partial charge in [-0.3, -0.25) is 9.71 Å². The number of thioether (sulfide) groups is 1. The fourth-order valence-electron chi connectivity index (χ4n) is 2.56. The van der Waals surface area contributed by atoms with E-state index >= 15 is 0 Å². The molecule has 0 aliphatic rings. The summed E-state index contributed by atoms with van der Waals surface area (Å²) < 4.78 is 25.6. The van der Waals surface area contributed by atoms with Crippen LogP contribution in [0.15, 0.2) is 23.5 Å². The molecule has 11 heteroatoms. The van der Waals surface area contributed by atoms with Crippen LogP contribution in [0.25, 0.3) is 0 Å². The fourth-order valence-corrected chi connectivity index (χ4v) is 3.85. The van der Waals surface area contributed by atoms with Gasteiger partial charge in [0.05, 0.1) is 18.9 Å². The molecule has 0 spiro atoms. The molecular weight excluding hydrogens is 412 g/mol. The zero-order valence-electron chi connectivity index (χ0n) is 17.2. The molecule has 2 heterocycles. The molecule has 1 unspecified atom stereocenters. The van der Waals surface area contributed by atoms with Gasteiger partial charge in [-0.2, -0.15) is 15.0 Å². The van der Waals surface area contributed by atoms with E-state index in [1.165, 1.54) is 11.8 Å². The number of aliphatic hydroxyl groups is 1. The van der Waals surface area contributed by atoms with E-state index in [1.54, 1.807) is 6.20 Å². The third kappa shape index (κ3) is 8.11. The van der Waals surface area contributed by atoms with Crippen LogP contribution in [0.5, 0.6) is 0 Å². The molecule has 0 amide bonds. The predicted molar refractivity (Wildman–Crippen MR) is 115 cm³/mol. The van der Waals surface area contributed by atoms with Gasteiger partial charge >= 0.3 is 0 Å². The van der Waals surface area contributed by atoms with Crippen LogP contribution in [-0.2, 0) is 10.0 Å². The van der Waals surface area contributed by atoms with Crippen molar-refractivity contribution in [3.05, 3.63) is 29.6 Å². The third-order valence-electron chi connectivity index (χ3n) is 3.89. The van der Waals surface area contributed by atoms with E-state index in [2.05, 4.69) is 30.0 Å². The highest BCUT2D eigenvalue weighted by atomic mass is 32.2. The van der Waals surface area contributed by atoms with Crippen molar-refractivity contribution >= 4 is 33.7 Å². The lowest BCUT2D eigenvalue weighted by atomic mass is 10.0. The Bertz CT molecular complexity index is 906. The molecule has 0 saturated carbocycles. The van der Waals surface area contributed by atoms with Crippen LogP contribution < -0.4 is 10.0 Å². The van der Waals surface area contributed by atoms with Gasteiger partial charge in [0.15, 0.2) is 5.16 Å². The molecule has 29 heavy (non-hydrogen) atoms. The highest BCUT2D eigenvalue weighted by Crippen LogP contribution is 2.33. The van der Waals surface area contributed by atoms with Gasteiger partial charge in [0.1, 0.15) is 0 Å². The molecule has 0 fully saturated rings. The largest absolute Gasteiger partial charge is 0.394 e. The first-order valence-electron chi connectivity index (χ1n) is 9.26. The maximum atomic E-state index is 11.6. The van der Waals surface area contributed by atoms with Gasteiger partial charge in [0.25, 0.3) is 0 Å². The first-order valence-corrected chi connectivity index (χ1v) is 12.0. The summed E-state index contributed by atoms with van der Waals surface area (Å²) in [5.41, 5.74) is 1.93. The zero-order valence-corrected chi connectivity index (χ0v) is 18.9. The van der Waals surface area contributed by atoms with Crippen LogP contribution in [-0.4, -0.2) is 52.4 Å². The van der Waals surface area contributed by atoms with Crippen LogP contribution in [0.2, 0.25) is 0 Å². The number of aliphatic hydroxyl groups excluding tert-OH is 1. The Kier molecular flexibility index (Phi) is 8.17. The molecule has 0 bridgehead atoms. The second kappa shape index (κ2) is 10.2. The van der Waals surface area contributed by atoms with Gasteiger partial charge in [0.2, 0.25) is 21.9 Å². The maximum absolute atomic E-state index is 11.6. The monoisotopic (exact) mass is 440 g/mol. The van der Waals surface area contributed by atoms with Crippen molar-refractivity contribution in [1.82, 2.24) is 19.9 Å². The summed E-state index contributed by atoms with van der Waals surface area (Å²) >= 11 is 1.37.